The average Bonchev–Trinajstić information content (AvgIpc) is 2.76. The molecule has 0 aromatic heterocycles. The molecule has 110 valence electrons. The van der Waals surface area contributed by atoms with Crippen molar-refractivity contribution in [2.75, 3.05) is 6.54 Å². The van der Waals surface area contributed by atoms with E-state index in [4.69, 9.17) is 4.74 Å². The third kappa shape index (κ3) is 4.26. The van der Waals surface area contributed by atoms with Crippen LogP contribution in [0.25, 0.3) is 0 Å². The molecule has 20 heavy (non-hydrogen) atoms. The minimum Gasteiger partial charge on any atom is -0.441 e. The lowest BCUT2D eigenvalue weighted by molar-refractivity contribution is 0.0849. The summed E-state index contributed by atoms with van der Waals surface area (Å²) in [6.45, 7) is 4.72. The highest BCUT2D eigenvalue weighted by Gasteiger charge is 2.40. The van der Waals surface area contributed by atoms with Crippen molar-refractivity contribution in [2.24, 2.45) is 0 Å². The molecule has 2 fully saturated rings. The summed E-state index contributed by atoms with van der Waals surface area (Å²) in [5.41, 5.74) is -0.283. The number of ether oxygens (including phenoxy) is 1. The molecule has 1 aromatic rings. The van der Waals surface area contributed by atoms with E-state index < -0.39 is 0 Å². The fourth-order valence-corrected chi connectivity index (χ4v) is 2.86. The van der Waals surface area contributed by atoms with Crippen LogP contribution < -0.4 is 0 Å². The Morgan fingerprint density at radius 1 is 1.00 bits per heavy atom. The quantitative estimate of drug-likeness (QED) is 0.767. The number of carbonyl (C=O) groups excluding carboxylic acids is 1. The van der Waals surface area contributed by atoms with Crippen LogP contribution in [0.15, 0.2) is 36.4 Å². The van der Waals surface area contributed by atoms with Gasteiger partial charge in [-0.1, -0.05) is 55.7 Å². The van der Waals surface area contributed by atoms with Crippen LogP contribution in [0, 0.1) is 0 Å². The molecular weight excluding hydrogens is 250 g/mol. The number of nitrogens with zero attached hydrogens (tertiary/aromatic N) is 1. The Morgan fingerprint density at radius 2 is 1.50 bits per heavy atom. The van der Waals surface area contributed by atoms with Crippen molar-refractivity contribution >= 4 is 6.09 Å². The van der Waals surface area contributed by atoms with E-state index in [2.05, 4.69) is 0 Å². The van der Waals surface area contributed by atoms with Gasteiger partial charge in [-0.3, -0.25) is 0 Å². The molecule has 1 aromatic carbocycles. The Kier molecular flexibility index (Phi) is 5.05. The van der Waals surface area contributed by atoms with Gasteiger partial charge in [-0.2, -0.15) is 0 Å². The fraction of sp³-hybridized carbons (Fsp3) is 0.588. The van der Waals surface area contributed by atoms with Gasteiger partial charge in [0.05, 0.1) is 6.54 Å². The van der Waals surface area contributed by atoms with Gasteiger partial charge in [0.25, 0.3) is 0 Å². The summed E-state index contributed by atoms with van der Waals surface area (Å²) in [4.78, 5) is 13.5. The summed E-state index contributed by atoms with van der Waals surface area (Å²) >= 11 is 0. The number of carbonyl (C=O) groups is 1. The predicted molar refractivity (Wildman–Crippen MR) is 80.6 cm³/mol. The molecule has 1 saturated heterocycles. The highest BCUT2D eigenvalue weighted by Crippen LogP contribution is 2.29. The Labute approximate surface area is 121 Å². The number of cyclic esters (lactones) is 1. The molecule has 0 unspecified atom stereocenters. The molecular formula is C17H25NO2. The molecule has 3 heteroatoms. The predicted octanol–water partition coefficient (Wildman–Crippen LogP) is 4.24. The molecule has 1 aliphatic carbocycles. The normalized spacial score (nSPS) is 21.9. The van der Waals surface area contributed by atoms with E-state index in [1.54, 1.807) is 0 Å². The second kappa shape index (κ2) is 6.78. The van der Waals surface area contributed by atoms with Crippen molar-refractivity contribution < 1.29 is 9.53 Å². The van der Waals surface area contributed by atoms with Crippen molar-refractivity contribution in [1.82, 2.24) is 4.90 Å². The van der Waals surface area contributed by atoms with Gasteiger partial charge >= 0.3 is 6.09 Å². The third-order valence-electron chi connectivity index (χ3n) is 3.83. The topological polar surface area (TPSA) is 29.5 Å². The first kappa shape index (κ1) is 14.9. The largest absolute Gasteiger partial charge is 0.441 e. The summed E-state index contributed by atoms with van der Waals surface area (Å²) < 4.78 is 5.30. The molecule has 0 spiro atoms. The number of amides is 1. The lowest BCUT2D eigenvalue weighted by Gasteiger charge is -2.29. The molecule has 2 aliphatic rings. The van der Waals surface area contributed by atoms with E-state index in [9.17, 15) is 4.79 Å². The molecule has 0 radical (unpaired) electrons. The van der Waals surface area contributed by atoms with Crippen LogP contribution in [0.4, 0.5) is 4.79 Å². The first-order chi connectivity index (χ1) is 9.58. The van der Waals surface area contributed by atoms with Crippen LogP contribution in [0.3, 0.4) is 0 Å². The van der Waals surface area contributed by atoms with E-state index in [0.29, 0.717) is 6.04 Å². The summed E-state index contributed by atoms with van der Waals surface area (Å²) in [5, 5.41) is 0. The SMILES string of the molecule is CC1(C)CN(C2CCCCC2)C(=O)O1.c1ccccc1. The van der Waals surface area contributed by atoms with Crippen LogP contribution >= 0.6 is 0 Å². The highest BCUT2D eigenvalue weighted by molar-refractivity contribution is 5.71. The standard InChI is InChI=1S/C11H19NO2.C6H6/c1-11(2)8-12(10(13)14-11)9-6-4-3-5-7-9;1-2-4-6-5-3-1/h9H,3-8H2,1-2H3;1-6H. The van der Waals surface area contributed by atoms with Crippen molar-refractivity contribution in [2.45, 2.75) is 57.6 Å². The Morgan fingerprint density at radius 3 is 1.90 bits per heavy atom. The van der Waals surface area contributed by atoms with Crippen LogP contribution in [0.5, 0.6) is 0 Å². The van der Waals surface area contributed by atoms with Gasteiger partial charge in [-0.15, -0.1) is 0 Å². The van der Waals surface area contributed by atoms with Crippen LogP contribution in [-0.2, 0) is 4.74 Å². The lowest BCUT2D eigenvalue weighted by atomic mass is 9.94. The summed E-state index contributed by atoms with van der Waals surface area (Å²) in [7, 11) is 0. The van der Waals surface area contributed by atoms with Gasteiger partial charge in [-0.25, -0.2) is 4.79 Å². The van der Waals surface area contributed by atoms with Gasteiger partial charge < -0.3 is 9.64 Å². The van der Waals surface area contributed by atoms with E-state index in [1.807, 2.05) is 55.1 Å². The van der Waals surface area contributed by atoms with Crippen molar-refractivity contribution in [3.8, 4) is 0 Å². The second-order valence-electron chi connectivity index (χ2n) is 6.20. The summed E-state index contributed by atoms with van der Waals surface area (Å²) in [5.74, 6) is 0. The third-order valence-corrected chi connectivity index (χ3v) is 3.83. The molecule has 1 aliphatic heterocycles. The Balaban J connectivity index is 0.000000205. The molecule has 1 saturated carbocycles. The van der Waals surface area contributed by atoms with E-state index in [-0.39, 0.29) is 11.7 Å². The second-order valence-corrected chi connectivity index (χ2v) is 6.20. The number of hydrogen-bond donors (Lipinski definition) is 0. The van der Waals surface area contributed by atoms with Crippen LogP contribution in [-0.4, -0.2) is 29.2 Å². The van der Waals surface area contributed by atoms with Crippen LogP contribution in [0.1, 0.15) is 46.0 Å². The molecule has 3 nitrogen and oxygen atoms in total. The molecule has 0 N–H and O–H groups in total. The zero-order valence-electron chi connectivity index (χ0n) is 12.5. The van der Waals surface area contributed by atoms with Gasteiger partial charge in [-0.05, 0) is 26.7 Å². The van der Waals surface area contributed by atoms with E-state index in [0.717, 1.165) is 19.4 Å². The van der Waals surface area contributed by atoms with Gasteiger partial charge in [0.15, 0.2) is 0 Å². The van der Waals surface area contributed by atoms with Gasteiger partial charge in [0.1, 0.15) is 5.60 Å². The first-order valence-corrected chi connectivity index (χ1v) is 7.58. The number of benzene rings is 1. The molecule has 3 rings (SSSR count). The summed E-state index contributed by atoms with van der Waals surface area (Å²) in [6, 6.07) is 12.4. The minimum absolute atomic E-state index is 0.109. The van der Waals surface area contributed by atoms with Crippen molar-refractivity contribution in [1.29, 1.82) is 0 Å². The molecule has 1 heterocycles. The maximum Gasteiger partial charge on any atom is 0.410 e. The Bertz CT molecular complexity index is 384. The monoisotopic (exact) mass is 275 g/mol. The maximum atomic E-state index is 11.6. The van der Waals surface area contributed by atoms with Gasteiger partial charge in [0.2, 0.25) is 0 Å². The van der Waals surface area contributed by atoms with Crippen LogP contribution in [0.2, 0.25) is 0 Å². The van der Waals surface area contributed by atoms with E-state index in [1.165, 1.54) is 19.3 Å². The summed E-state index contributed by atoms with van der Waals surface area (Å²) in [6.07, 6.45) is 6.05. The highest BCUT2D eigenvalue weighted by atomic mass is 16.6. The Hall–Kier alpha value is -1.51. The maximum absolute atomic E-state index is 11.6. The molecule has 1 amide bonds. The van der Waals surface area contributed by atoms with Crippen molar-refractivity contribution in [3.05, 3.63) is 36.4 Å². The van der Waals surface area contributed by atoms with Gasteiger partial charge in [0, 0.05) is 6.04 Å². The van der Waals surface area contributed by atoms with Crippen molar-refractivity contribution in [3.63, 3.8) is 0 Å². The zero-order chi connectivity index (χ0) is 14.4. The molecule has 0 atom stereocenters. The van der Waals surface area contributed by atoms with E-state index >= 15 is 0 Å². The minimum atomic E-state index is -0.283. The zero-order valence-corrected chi connectivity index (χ0v) is 12.5. The smallest absolute Gasteiger partial charge is 0.410 e. The lowest BCUT2D eigenvalue weighted by Crippen LogP contribution is -2.38. The molecule has 0 bridgehead atoms. The average molecular weight is 275 g/mol. The first-order valence-electron chi connectivity index (χ1n) is 7.58. The number of hydrogen-bond acceptors (Lipinski definition) is 2. The fourth-order valence-electron chi connectivity index (χ4n) is 2.86. The number of rotatable bonds is 1.